The average molecular weight is 325 g/mol. The first-order chi connectivity index (χ1) is 11.3. The van der Waals surface area contributed by atoms with Crippen LogP contribution < -0.4 is 0 Å². The molecule has 0 spiro atoms. The molecule has 1 aliphatic rings. The lowest BCUT2D eigenvalue weighted by Gasteiger charge is -2.05. The highest BCUT2D eigenvalue weighted by molar-refractivity contribution is 5.69. The molecule has 136 valence electrons. The van der Waals surface area contributed by atoms with Crippen molar-refractivity contribution in [1.82, 2.24) is 0 Å². The fourth-order valence-electron chi connectivity index (χ4n) is 3.13. The Morgan fingerprint density at radius 3 is 1.91 bits per heavy atom. The number of esters is 1. The topological polar surface area (TPSA) is 26.3 Å². The quantitative estimate of drug-likeness (QED) is 0.217. The van der Waals surface area contributed by atoms with Crippen molar-refractivity contribution >= 4 is 5.97 Å². The van der Waals surface area contributed by atoms with E-state index in [2.05, 4.69) is 6.92 Å². The van der Waals surface area contributed by atoms with Gasteiger partial charge in [0.15, 0.2) is 0 Å². The number of rotatable bonds is 17. The molecule has 0 aromatic carbocycles. The Labute approximate surface area is 144 Å². The monoisotopic (exact) mass is 324 g/mol. The van der Waals surface area contributed by atoms with Crippen LogP contribution in [0.5, 0.6) is 0 Å². The molecule has 0 amide bonds. The fraction of sp³-hybridized carbons (Fsp3) is 0.952. The van der Waals surface area contributed by atoms with E-state index >= 15 is 0 Å². The highest BCUT2D eigenvalue weighted by atomic mass is 16.5. The third-order valence-corrected chi connectivity index (χ3v) is 4.95. The Balaban J connectivity index is 1.68. The summed E-state index contributed by atoms with van der Waals surface area (Å²) in [5.41, 5.74) is 0. The highest BCUT2D eigenvalue weighted by Crippen LogP contribution is 2.34. The zero-order valence-corrected chi connectivity index (χ0v) is 15.6. The zero-order chi connectivity index (χ0) is 16.6. The van der Waals surface area contributed by atoms with Crippen LogP contribution >= 0.6 is 0 Å². The molecule has 0 radical (unpaired) electrons. The second-order valence-electron chi connectivity index (χ2n) is 7.45. The van der Waals surface area contributed by atoms with Crippen molar-refractivity contribution in [3.8, 4) is 0 Å². The van der Waals surface area contributed by atoms with Crippen molar-refractivity contribution < 1.29 is 9.53 Å². The molecule has 0 aliphatic heterocycles. The smallest absolute Gasteiger partial charge is 0.305 e. The van der Waals surface area contributed by atoms with Crippen LogP contribution in [0.25, 0.3) is 0 Å². The third-order valence-electron chi connectivity index (χ3n) is 4.95. The van der Waals surface area contributed by atoms with E-state index in [9.17, 15) is 4.79 Å². The van der Waals surface area contributed by atoms with Gasteiger partial charge in [-0.05, 0) is 18.8 Å². The molecule has 0 N–H and O–H groups in total. The van der Waals surface area contributed by atoms with Crippen molar-refractivity contribution in [3.05, 3.63) is 0 Å². The van der Waals surface area contributed by atoms with Crippen molar-refractivity contribution in [1.29, 1.82) is 0 Å². The standard InChI is InChI=1S/C21H40O2/c1-2-3-14-19-23-21(22)16-13-11-9-7-5-4-6-8-10-12-15-20-17-18-20/h20H,2-19H2,1H3. The summed E-state index contributed by atoms with van der Waals surface area (Å²) in [6.07, 6.45) is 21.9. The van der Waals surface area contributed by atoms with Crippen LogP contribution in [0.1, 0.15) is 116 Å². The summed E-state index contributed by atoms with van der Waals surface area (Å²) >= 11 is 0. The fourth-order valence-corrected chi connectivity index (χ4v) is 3.13. The first kappa shape index (κ1) is 20.5. The molecule has 0 unspecified atom stereocenters. The molecule has 0 saturated heterocycles. The van der Waals surface area contributed by atoms with Gasteiger partial charge in [-0.1, -0.05) is 96.8 Å². The van der Waals surface area contributed by atoms with E-state index in [0.29, 0.717) is 13.0 Å². The van der Waals surface area contributed by atoms with Gasteiger partial charge in [-0.25, -0.2) is 0 Å². The van der Waals surface area contributed by atoms with E-state index in [4.69, 9.17) is 4.74 Å². The van der Waals surface area contributed by atoms with Gasteiger partial charge in [-0.15, -0.1) is 0 Å². The molecule has 1 saturated carbocycles. The molecule has 0 aromatic rings. The highest BCUT2D eigenvalue weighted by Gasteiger charge is 2.19. The minimum absolute atomic E-state index is 0.00676. The molecule has 2 heteroatoms. The van der Waals surface area contributed by atoms with Crippen molar-refractivity contribution in [2.24, 2.45) is 5.92 Å². The molecule has 1 aliphatic carbocycles. The van der Waals surface area contributed by atoms with Crippen molar-refractivity contribution in [3.63, 3.8) is 0 Å². The second kappa shape index (κ2) is 15.0. The van der Waals surface area contributed by atoms with Crippen LogP contribution in [0.4, 0.5) is 0 Å². The SMILES string of the molecule is CCCCCOC(=O)CCCCCCCCCCCCC1CC1. The molecule has 1 rings (SSSR count). The van der Waals surface area contributed by atoms with Crippen molar-refractivity contribution in [2.75, 3.05) is 6.61 Å². The Kier molecular flexibility index (Phi) is 13.4. The van der Waals surface area contributed by atoms with E-state index in [0.717, 1.165) is 25.2 Å². The molecule has 2 nitrogen and oxygen atoms in total. The van der Waals surface area contributed by atoms with E-state index < -0.39 is 0 Å². The maximum Gasteiger partial charge on any atom is 0.305 e. The predicted octanol–water partition coefficient (Wildman–Crippen LogP) is 6.81. The van der Waals surface area contributed by atoms with E-state index in [1.165, 1.54) is 83.5 Å². The molecule has 0 heterocycles. The maximum absolute atomic E-state index is 11.5. The van der Waals surface area contributed by atoms with Crippen LogP contribution in [-0.4, -0.2) is 12.6 Å². The first-order valence-corrected chi connectivity index (χ1v) is 10.5. The lowest BCUT2D eigenvalue weighted by atomic mass is 10.0. The molecular weight excluding hydrogens is 284 g/mol. The summed E-state index contributed by atoms with van der Waals surface area (Å²) in [7, 11) is 0. The minimum atomic E-state index is 0.00676. The van der Waals surface area contributed by atoms with Gasteiger partial charge >= 0.3 is 5.97 Å². The first-order valence-electron chi connectivity index (χ1n) is 10.5. The number of carbonyl (C=O) groups excluding carboxylic acids is 1. The Bertz CT molecular complexity index is 271. The second-order valence-corrected chi connectivity index (χ2v) is 7.45. The number of hydrogen-bond donors (Lipinski definition) is 0. The number of unbranched alkanes of at least 4 members (excludes halogenated alkanes) is 11. The van der Waals surface area contributed by atoms with E-state index in [-0.39, 0.29) is 5.97 Å². The number of carbonyl (C=O) groups is 1. The Morgan fingerprint density at radius 2 is 1.35 bits per heavy atom. The molecule has 0 atom stereocenters. The van der Waals surface area contributed by atoms with E-state index in [1.807, 2.05) is 0 Å². The largest absolute Gasteiger partial charge is 0.466 e. The molecule has 23 heavy (non-hydrogen) atoms. The Morgan fingerprint density at radius 1 is 0.783 bits per heavy atom. The van der Waals surface area contributed by atoms with Gasteiger partial charge in [0, 0.05) is 6.42 Å². The third kappa shape index (κ3) is 14.8. The molecule has 0 bridgehead atoms. The normalized spacial score (nSPS) is 14.1. The van der Waals surface area contributed by atoms with Crippen LogP contribution in [-0.2, 0) is 9.53 Å². The summed E-state index contributed by atoms with van der Waals surface area (Å²) in [4.78, 5) is 11.5. The summed E-state index contributed by atoms with van der Waals surface area (Å²) in [5.74, 6) is 1.12. The van der Waals surface area contributed by atoms with Gasteiger partial charge in [0.2, 0.25) is 0 Å². The van der Waals surface area contributed by atoms with Gasteiger partial charge in [-0.2, -0.15) is 0 Å². The maximum atomic E-state index is 11.5. The zero-order valence-electron chi connectivity index (χ0n) is 15.6. The lowest BCUT2D eigenvalue weighted by molar-refractivity contribution is -0.143. The van der Waals surface area contributed by atoms with Gasteiger partial charge in [0.1, 0.15) is 0 Å². The van der Waals surface area contributed by atoms with Crippen LogP contribution in [0.2, 0.25) is 0 Å². The van der Waals surface area contributed by atoms with Crippen LogP contribution in [0, 0.1) is 5.92 Å². The van der Waals surface area contributed by atoms with Gasteiger partial charge in [-0.3, -0.25) is 4.79 Å². The lowest BCUT2D eigenvalue weighted by Crippen LogP contribution is -2.05. The molecule has 1 fully saturated rings. The number of hydrogen-bond acceptors (Lipinski definition) is 2. The summed E-state index contributed by atoms with van der Waals surface area (Å²) < 4.78 is 5.22. The van der Waals surface area contributed by atoms with Crippen molar-refractivity contribution in [2.45, 2.75) is 116 Å². The molecular formula is C21H40O2. The summed E-state index contributed by atoms with van der Waals surface area (Å²) in [6.45, 7) is 2.78. The summed E-state index contributed by atoms with van der Waals surface area (Å²) in [5, 5.41) is 0. The summed E-state index contributed by atoms with van der Waals surface area (Å²) in [6, 6.07) is 0. The van der Waals surface area contributed by atoms with Gasteiger partial charge in [0.25, 0.3) is 0 Å². The Hall–Kier alpha value is -0.530. The average Bonchev–Trinajstić information content (AvgIpc) is 3.37. The number of ether oxygens (including phenoxy) is 1. The van der Waals surface area contributed by atoms with Gasteiger partial charge in [0.05, 0.1) is 6.61 Å². The van der Waals surface area contributed by atoms with Gasteiger partial charge < -0.3 is 4.74 Å². The minimum Gasteiger partial charge on any atom is -0.466 e. The van der Waals surface area contributed by atoms with Crippen LogP contribution in [0.15, 0.2) is 0 Å². The molecule has 0 aromatic heterocycles. The van der Waals surface area contributed by atoms with Crippen LogP contribution in [0.3, 0.4) is 0 Å². The van der Waals surface area contributed by atoms with E-state index in [1.54, 1.807) is 0 Å². The predicted molar refractivity (Wildman–Crippen MR) is 98.6 cm³/mol.